The Balaban J connectivity index is 2.34. The van der Waals surface area contributed by atoms with Crippen molar-refractivity contribution in [2.75, 3.05) is 12.3 Å². The van der Waals surface area contributed by atoms with Crippen LogP contribution in [0.15, 0.2) is 18.2 Å². The molecule has 0 fully saturated rings. The molecule has 8 heteroatoms. The zero-order chi connectivity index (χ0) is 15.6. The molecule has 0 aliphatic heterocycles. The van der Waals surface area contributed by atoms with Crippen molar-refractivity contribution < 1.29 is 22.7 Å². The Kier molecular flexibility index (Phi) is 4.06. The molecule has 1 heterocycles. The second-order valence-electron chi connectivity index (χ2n) is 4.49. The summed E-state index contributed by atoms with van der Waals surface area (Å²) in [6.45, 7) is 2.14. The molecule has 114 valence electrons. The highest BCUT2D eigenvalue weighted by molar-refractivity contribution is 5.93. The molecule has 21 heavy (non-hydrogen) atoms. The van der Waals surface area contributed by atoms with Crippen molar-refractivity contribution in [3.63, 3.8) is 0 Å². The second-order valence-corrected chi connectivity index (χ2v) is 4.49. The van der Waals surface area contributed by atoms with E-state index in [0.717, 1.165) is 23.2 Å². The smallest absolute Gasteiger partial charge is 0.436 e. The number of nitrogens with two attached hydrogens (primary N) is 1. The number of unbranched alkanes of at least 4 members (excludes halogenated alkanes) is 1. The van der Waals surface area contributed by atoms with Crippen molar-refractivity contribution in [1.29, 1.82) is 0 Å². The van der Waals surface area contributed by atoms with E-state index in [1.807, 2.05) is 6.92 Å². The van der Waals surface area contributed by atoms with Gasteiger partial charge in [0.2, 0.25) is 0 Å². The molecule has 0 amide bonds. The minimum Gasteiger partial charge on any atom is -0.448 e. The number of nitrogens with zero attached hydrogens (tertiary/aromatic N) is 2. The van der Waals surface area contributed by atoms with Gasteiger partial charge in [-0.25, -0.2) is 4.79 Å². The monoisotopic (exact) mass is 301 g/mol. The maximum atomic E-state index is 12.6. The molecule has 0 saturated carbocycles. The summed E-state index contributed by atoms with van der Waals surface area (Å²) < 4.78 is 43.6. The van der Waals surface area contributed by atoms with Gasteiger partial charge in [-0.3, -0.25) is 0 Å². The number of carbonyl (C=O) groups is 1. The van der Waals surface area contributed by atoms with Crippen LogP contribution in [0.25, 0.3) is 10.9 Å². The molecule has 0 atom stereocenters. The van der Waals surface area contributed by atoms with Gasteiger partial charge in [0.1, 0.15) is 5.82 Å². The van der Waals surface area contributed by atoms with E-state index in [2.05, 4.69) is 5.10 Å². The Labute approximate surface area is 118 Å². The summed E-state index contributed by atoms with van der Waals surface area (Å²) in [5.41, 5.74) is 4.87. The van der Waals surface area contributed by atoms with Crippen LogP contribution < -0.4 is 5.73 Å². The number of hydrogen-bond acceptors (Lipinski definition) is 4. The van der Waals surface area contributed by atoms with Crippen LogP contribution in [-0.2, 0) is 10.9 Å². The van der Waals surface area contributed by atoms with Gasteiger partial charge in [-0.2, -0.15) is 18.3 Å². The van der Waals surface area contributed by atoms with Crippen LogP contribution in [0.4, 0.5) is 23.8 Å². The summed E-state index contributed by atoms with van der Waals surface area (Å²) in [7, 11) is 0. The highest BCUT2D eigenvalue weighted by atomic mass is 19.4. The number of hydrogen-bond donors (Lipinski definition) is 1. The van der Waals surface area contributed by atoms with Crippen molar-refractivity contribution in [3.8, 4) is 0 Å². The molecule has 1 aromatic heterocycles. The molecule has 0 aliphatic rings. The molecule has 0 unspecified atom stereocenters. The molecule has 0 aliphatic carbocycles. The van der Waals surface area contributed by atoms with Crippen LogP contribution in [0.3, 0.4) is 0 Å². The lowest BCUT2D eigenvalue weighted by atomic mass is 10.1. The zero-order valence-electron chi connectivity index (χ0n) is 11.3. The average Bonchev–Trinajstić information content (AvgIpc) is 2.75. The van der Waals surface area contributed by atoms with Crippen LogP contribution in [0.5, 0.6) is 0 Å². The molecular formula is C13H14F3N3O2. The van der Waals surface area contributed by atoms with E-state index < -0.39 is 17.8 Å². The number of anilines is 1. The normalized spacial score (nSPS) is 11.8. The van der Waals surface area contributed by atoms with E-state index in [0.29, 0.717) is 6.42 Å². The number of rotatable bonds is 3. The summed E-state index contributed by atoms with van der Waals surface area (Å²) in [6.07, 6.45) is -3.75. The summed E-state index contributed by atoms with van der Waals surface area (Å²) in [4.78, 5) is 11.8. The summed E-state index contributed by atoms with van der Waals surface area (Å²) in [5.74, 6) is -0.0415. The highest BCUT2D eigenvalue weighted by Crippen LogP contribution is 2.32. The standard InChI is InChI=1S/C13H14F3N3O2/c1-2-3-6-21-12(20)19-11(17)9-5-4-8(13(14,15)16)7-10(9)18-19/h4-5,7H,2-3,6,17H2,1H3. The largest absolute Gasteiger partial charge is 0.448 e. The Morgan fingerprint density at radius 2 is 2.14 bits per heavy atom. The lowest BCUT2D eigenvalue weighted by molar-refractivity contribution is -0.137. The first kappa shape index (κ1) is 15.1. The molecule has 2 N–H and O–H groups in total. The lowest BCUT2D eigenvalue weighted by Crippen LogP contribution is -2.17. The fourth-order valence-corrected chi connectivity index (χ4v) is 1.79. The van der Waals surface area contributed by atoms with Crippen molar-refractivity contribution in [2.24, 2.45) is 0 Å². The molecule has 2 aromatic rings. The van der Waals surface area contributed by atoms with Crippen molar-refractivity contribution in [3.05, 3.63) is 23.8 Å². The van der Waals surface area contributed by atoms with Crippen molar-refractivity contribution >= 4 is 22.8 Å². The van der Waals surface area contributed by atoms with Gasteiger partial charge in [0, 0.05) is 5.39 Å². The molecule has 0 saturated heterocycles. The number of aromatic nitrogens is 2. The first-order chi connectivity index (χ1) is 9.84. The maximum absolute atomic E-state index is 12.6. The summed E-state index contributed by atoms with van der Waals surface area (Å²) in [6, 6.07) is 2.94. The zero-order valence-corrected chi connectivity index (χ0v) is 11.3. The van der Waals surface area contributed by atoms with Crippen LogP contribution in [0, 0.1) is 0 Å². The van der Waals surface area contributed by atoms with Crippen molar-refractivity contribution in [1.82, 2.24) is 9.78 Å². The van der Waals surface area contributed by atoms with Gasteiger partial charge >= 0.3 is 12.3 Å². The quantitative estimate of drug-likeness (QED) is 0.882. The molecule has 1 aromatic carbocycles. The SMILES string of the molecule is CCCCOC(=O)n1nc2cc(C(F)(F)F)ccc2c1N. The number of nitrogen functional groups attached to an aromatic ring is 1. The van der Waals surface area contributed by atoms with Crippen LogP contribution in [0.2, 0.25) is 0 Å². The third-order valence-corrected chi connectivity index (χ3v) is 2.93. The number of ether oxygens (including phenoxy) is 1. The van der Waals surface area contributed by atoms with E-state index in [1.165, 1.54) is 6.07 Å². The Hall–Kier alpha value is -2.25. The molecule has 5 nitrogen and oxygen atoms in total. The number of carbonyl (C=O) groups excluding carboxylic acids is 1. The van der Waals surface area contributed by atoms with Gasteiger partial charge < -0.3 is 10.5 Å². The molecular weight excluding hydrogens is 287 g/mol. The predicted octanol–water partition coefficient (Wildman–Crippen LogP) is 3.42. The van der Waals surface area contributed by atoms with E-state index >= 15 is 0 Å². The average molecular weight is 301 g/mol. The first-order valence-electron chi connectivity index (χ1n) is 6.37. The number of benzene rings is 1. The lowest BCUT2D eigenvalue weighted by Gasteiger charge is -2.05. The summed E-state index contributed by atoms with van der Waals surface area (Å²) in [5, 5.41) is 4.06. The maximum Gasteiger partial charge on any atom is 0.436 e. The van der Waals surface area contributed by atoms with Gasteiger partial charge in [0.25, 0.3) is 0 Å². The number of alkyl halides is 3. The topological polar surface area (TPSA) is 70.1 Å². The van der Waals surface area contributed by atoms with E-state index in [1.54, 1.807) is 0 Å². The molecule has 0 spiro atoms. The van der Waals surface area contributed by atoms with Gasteiger partial charge in [0.05, 0.1) is 17.7 Å². The Morgan fingerprint density at radius 1 is 1.43 bits per heavy atom. The summed E-state index contributed by atoms with van der Waals surface area (Å²) >= 11 is 0. The van der Waals surface area contributed by atoms with Crippen LogP contribution in [0.1, 0.15) is 25.3 Å². The van der Waals surface area contributed by atoms with Crippen LogP contribution in [-0.4, -0.2) is 22.5 Å². The number of fused-ring (bicyclic) bond motifs is 1. The van der Waals surface area contributed by atoms with Crippen molar-refractivity contribution in [2.45, 2.75) is 25.9 Å². The minimum absolute atomic E-state index is 0.00485. The van der Waals surface area contributed by atoms with E-state index in [4.69, 9.17) is 10.5 Å². The first-order valence-corrected chi connectivity index (χ1v) is 6.37. The molecule has 0 bridgehead atoms. The van der Waals surface area contributed by atoms with Gasteiger partial charge in [-0.05, 0) is 24.6 Å². The van der Waals surface area contributed by atoms with E-state index in [-0.39, 0.29) is 23.3 Å². The third kappa shape index (κ3) is 3.09. The van der Waals surface area contributed by atoms with Gasteiger partial charge in [-0.15, -0.1) is 4.68 Å². The highest BCUT2D eigenvalue weighted by Gasteiger charge is 2.31. The van der Waals surface area contributed by atoms with Gasteiger partial charge in [-0.1, -0.05) is 13.3 Å². The fraction of sp³-hybridized carbons (Fsp3) is 0.385. The fourth-order valence-electron chi connectivity index (χ4n) is 1.79. The van der Waals surface area contributed by atoms with E-state index in [9.17, 15) is 18.0 Å². The van der Waals surface area contributed by atoms with Crippen LogP contribution >= 0.6 is 0 Å². The minimum atomic E-state index is -4.48. The predicted molar refractivity (Wildman–Crippen MR) is 70.8 cm³/mol. The third-order valence-electron chi connectivity index (χ3n) is 2.93. The Bertz CT molecular complexity index is 664. The molecule has 2 rings (SSSR count). The molecule has 0 radical (unpaired) electrons. The Morgan fingerprint density at radius 3 is 2.76 bits per heavy atom. The number of halogens is 3. The van der Waals surface area contributed by atoms with Gasteiger partial charge in [0.15, 0.2) is 0 Å². The second kappa shape index (κ2) is 5.63.